The number of carbonyl (C=O) groups excluding carboxylic acids is 1. The Kier molecular flexibility index (Phi) is 4.10. The van der Waals surface area contributed by atoms with Gasteiger partial charge in [-0.2, -0.15) is 0 Å². The number of aliphatic carboxylic acids is 1. The van der Waals surface area contributed by atoms with Crippen LogP contribution in [-0.2, 0) is 4.79 Å². The Morgan fingerprint density at radius 1 is 1.15 bits per heavy atom. The van der Waals surface area contributed by atoms with Gasteiger partial charge < -0.3 is 10.4 Å². The lowest BCUT2D eigenvalue weighted by atomic mass is 10.0. The number of amides is 1. The van der Waals surface area contributed by atoms with Crippen molar-refractivity contribution in [2.45, 2.75) is 12.8 Å². The van der Waals surface area contributed by atoms with Gasteiger partial charge in [-0.15, -0.1) is 0 Å². The van der Waals surface area contributed by atoms with Crippen molar-refractivity contribution in [3.8, 4) is 0 Å². The Hall–Kier alpha value is -2.69. The first-order chi connectivity index (χ1) is 9.58. The molecular formula is C15H14N2O3. The molecule has 0 saturated carbocycles. The number of rotatable bonds is 4. The standard InChI is InChI=1S/C15H14N2O3/c1-10(15(19)20)11-7-8-13(16-9-11)14(18)17-12-5-3-2-4-6-12/h2-10H,1H3,(H,17,18)(H,19,20)/t10-/m0/s1. The zero-order chi connectivity index (χ0) is 14.5. The monoisotopic (exact) mass is 270 g/mol. The topological polar surface area (TPSA) is 79.3 Å². The number of carboxylic acids is 1. The third kappa shape index (κ3) is 3.20. The molecule has 1 heterocycles. The van der Waals surface area contributed by atoms with Gasteiger partial charge in [-0.05, 0) is 30.7 Å². The van der Waals surface area contributed by atoms with Gasteiger partial charge in [0.1, 0.15) is 5.69 Å². The van der Waals surface area contributed by atoms with Gasteiger partial charge in [0.05, 0.1) is 5.92 Å². The molecular weight excluding hydrogens is 256 g/mol. The van der Waals surface area contributed by atoms with Gasteiger partial charge in [-0.3, -0.25) is 14.6 Å². The van der Waals surface area contributed by atoms with Crippen molar-refractivity contribution < 1.29 is 14.7 Å². The predicted molar refractivity (Wildman–Crippen MR) is 74.7 cm³/mol. The van der Waals surface area contributed by atoms with Crippen LogP contribution in [0.4, 0.5) is 5.69 Å². The minimum absolute atomic E-state index is 0.246. The van der Waals surface area contributed by atoms with E-state index in [2.05, 4.69) is 10.3 Å². The van der Waals surface area contributed by atoms with Gasteiger partial charge in [-0.1, -0.05) is 24.3 Å². The molecule has 2 rings (SSSR count). The third-order valence-corrected chi connectivity index (χ3v) is 2.92. The number of hydrogen-bond acceptors (Lipinski definition) is 3. The number of benzene rings is 1. The molecule has 2 N–H and O–H groups in total. The minimum atomic E-state index is -0.923. The van der Waals surface area contributed by atoms with E-state index in [1.165, 1.54) is 12.3 Å². The smallest absolute Gasteiger partial charge is 0.310 e. The largest absolute Gasteiger partial charge is 0.481 e. The van der Waals surface area contributed by atoms with Crippen LogP contribution in [-0.4, -0.2) is 22.0 Å². The summed E-state index contributed by atoms with van der Waals surface area (Å²) in [5.41, 5.74) is 1.49. The molecule has 2 aromatic rings. The van der Waals surface area contributed by atoms with Crippen LogP contribution in [0.1, 0.15) is 28.9 Å². The molecule has 1 aromatic heterocycles. The molecule has 102 valence electrons. The molecule has 5 nitrogen and oxygen atoms in total. The van der Waals surface area contributed by atoms with Gasteiger partial charge in [0, 0.05) is 11.9 Å². The lowest BCUT2D eigenvalue weighted by Crippen LogP contribution is -2.14. The number of carbonyl (C=O) groups is 2. The number of anilines is 1. The molecule has 0 radical (unpaired) electrons. The summed E-state index contributed by atoms with van der Waals surface area (Å²) in [6.07, 6.45) is 1.42. The van der Waals surface area contributed by atoms with E-state index in [0.717, 1.165) is 0 Å². The summed E-state index contributed by atoms with van der Waals surface area (Å²) in [6.45, 7) is 1.57. The Morgan fingerprint density at radius 2 is 1.85 bits per heavy atom. The highest BCUT2D eigenvalue weighted by atomic mass is 16.4. The predicted octanol–water partition coefficient (Wildman–Crippen LogP) is 2.52. The fourth-order valence-electron chi connectivity index (χ4n) is 1.65. The van der Waals surface area contributed by atoms with Crippen LogP contribution in [0.25, 0.3) is 0 Å². The highest BCUT2D eigenvalue weighted by Gasteiger charge is 2.15. The molecule has 0 saturated heterocycles. The summed E-state index contributed by atoms with van der Waals surface area (Å²) in [5.74, 6) is -1.90. The van der Waals surface area contributed by atoms with Crippen molar-refractivity contribution in [1.29, 1.82) is 0 Å². The lowest BCUT2D eigenvalue weighted by Gasteiger charge is -2.07. The third-order valence-electron chi connectivity index (χ3n) is 2.92. The summed E-state index contributed by atoms with van der Waals surface area (Å²) in [5, 5.41) is 11.6. The second-order valence-electron chi connectivity index (χ2n) is 4.36. The Balaban J connectivity index is 2.10. The van der Waals surface area contributed by atoms with E-state index in [-0.39, 0.29) is 11.6 Å². The van der Waals surface area contributed by atoms with Crippen LogP contribution < -0.4 is 5.32 Å². The van der Waals surface area contributed by atoms with E-state index in [4.69, 9.17) is 5.11 Å². The van der Waals surface area contributed by atoms with Crippen LogP contribution >= 0.6 is 0 Å². The van der Waals surface area contributed by atoms with E-state index in [9.17, 15) is 9.59 Å². The molecule has 0 aliphatic carbocycles. The minimum Gasteiger partial charge on any atom is -0.481 e. The Bertz CT molecular complexity index is 609. The van der Waals surface area contributed by atoms with Crippen molar-refractivity contribution in [2.24, 2.45) is 0 Å². The fourth-order valence-corrected chi connectivity index (χ4v) is 1.65. The van der Waals surface area contributed by atoms with Gasteiger partial charge in [0.15, 0.2) is 0 Å². The first-order valence-electron chi connectivity index (χ1n) is 6.13. The van der Waals surface area contributed by atoms with E-state index < -0.39 is 11.9 Å². The Morgan fingerprint density at radius 3 is 2.40 bits per heavy atom. The lowest BCUT2D eigenvalue weighted by molar-refractivity contribution is -0.138. The molecule has 0 aliphatic heterocycles. The van der Waals surface area contributed by atoms with Crippen LogP contribution in [0.15, 0.2) is 48.7 Å². The maximum absolute atomic E-state index is 11.9. The maximum atomic E-state index is 11.9. The summed E-state index contributed by atoms with van der Waals surface area (Å²) >= 11 is 0. The van der Waals surface area contributed by atoms with Crippen molar-refractivity contribution in [3.05, 3.63) is 59.9 Å². The van der Waals surface area contributed by atoms with Crippen molar-refractivity contribution in [2.75, 3.05) is 5.32 Å². The zero-order valence-electron chi connectivity index (χ0n) is 10.9. The zero-order valence-corrected chi connectivity index (χ0v) is 10.9. The van der Waals surface area contributed by atoms with E-state index >= 15 is 0 Å². The second kappa shape index (κ2) is 5.97. The summed E-state index contributed by atoms with van der Waals surface area (Å²) in [7, 11) is 0. The van der Waals surface area contributed by atoms with Crippen LogP contribution in [0.3, 0.4) is 0 Å². The van der Waals surface area contributed by atoms with Crippen molar-refractivity contribution >= 4 is 17.6 Å². The van der Waals surface area contributed by atoms with E-state index in [0.29, 0.717) is 11.3 Å². The normalized spacial score (nSPS) is 11.7. The van der Waals surface area contributed by atoms with Crippen LogP contribution in [0, 0.1) is 0 Å². The quantitative estimate of drug-likeness (QED) is 0.894. The fraction of sp³-hybridized carbons (Fsp3) is 0.133. The van der Waals surface area contributed by atoms with E-state index in [1.54, 1.807) is 25.1 Å². The average molecular weight is 270 g/mol. The van der Waals surface area contributed by atoms with Gasteiger partial charge in [-0.25, -0.2) is 0 Å². The van der Waals surface area contributed by atoms with Crippen molar-refractivity contribution in [3.63, 3.8) is 0 Å². The molecule has 1 amide bonds. The second-order valence-corrected chi connectivity index (χ2v) is 4.36. The van der Waals surface area contributed by atoms with Crippen molar-refractivity contribution in [1.82, 2.24) is 4.98 Å². The number of pyridine rings is 1. The average Bonchev–Trinajstić information content (AvgIpc) is 2.47. The first-order valence-corrected chi connectivity index (χ1v) is 6.13. The first kappa shape index (κ1) is 13.7. The highest BCUT2D eigenvalue weighted by molar-refractivity contribution is 6.02. The summed E-state index contributed by atoms with van der Waals surface area (Å²) < 4.78 is 0. The molecule has 5 heteroatoms. The molecule has 0 unspecified atom stereocenters. The SMILES string of the molecule is C[C@H](C(=O)O)c1ccc(C(=O)Nc2ccccc2)nc1. The molecule has 1 aromatic carbocycles. The number of nitrogens with one attached hydrogen (secondary N) is 1. The molecule has 0 fully saturated rings. The van der Waals surface area contributed by atoms with Gasteiger partial charge in [0.25, 0.3) is 5.91 Å². The number of para-hydroxylation sites is 1. The van der Waals surface area contributed by atoms with E-state index in [1.807, 2.05) is 18.2 Å². The molecule has 1 atom stereocenters. The molecule has 20 heavy (non-hydrogen) atoms. The number of nitrogens with zero attached hydrogens (tertiary/aromatic N) is 1. The number of carboxylic acid groups (broad SMARTS) is 1. The number of aromatic nitrogens is 1. The molecule has 0 bridgehead atoms. The van der Waals surface area contributed by atoms with Crippen LogP contribution in [0.2, 0.25) is 0 Å². The highest BCUT2D eigenvalue weighted by Crippen LogP contribution is 2.15. The summed E-state index contributed by atoms with van der Waals surface area (Å²) in [4.78, 5) is 26.8. The molecule has 0 aliphatic rings. The maximum Gasteiger partial charge on any atom is 0.310 e. The summed E-state index contributed by atoms with van der Waals surface area (Å²) in [6, 6.07) is 12.2. The van der Waals surface area contributed by atoms with Gasteiger partial charge in [0.2, 0.25) is 0 Å². The Labute approximate surface area is 116 Å². The van der Waals surface area contributed by atoms with Gasteiger partial charge >= 0.3 is 5.97 Å². The molecule has 0 spiro atoms. The van der Waals surface area contributed by atoms with Crippen LogP contribution in [0.5, 0.6) is 0 Å². The number of hydrogen-bond donors (Lipinski definition) is 2.